The molecular weight excluding hydrogens is 146 g/mol. The first-order chi connectivity index (χ1) is 6.98. The molecule has 3 unspecified atom stereocenters. The van der Waals surface area contributed by atoms with Crippen molar-refractivity contribution in [3.8, 4) is 0 Å². The standard InChI is InChI=1S/C7H11NO3/c8-6-2-1-4(9)3-5(6)7(10)11/h3,5-6,9H,1-2,8H2,(H,10,11)/i1D,2D2,5D,6D. The summed E-state index contributed by atoms with van der Waals surface area (Å²) in [5.74, 6) is -5.60. The third kappa shape index (κ3) is 1.71. The van der Waals surface area contributed by atoms with Gasteiger partial charge in [-0.2, -0.15) is 0 Å². The lowest BCUT2D eigenvalue weighted by Crippen LogP contribution is -2.36. The van der Waals surface area contributed by atoms with Gasteiger partial charge in [-0.05, 0) is 12.4 Å². The zero-order valence-electron chi connectivity index (χ0n) is 10.5. The molecule has 62 valence electrons. The van der Waals surface area contributed by atoms with Crippen molar-refractivity contribution in [3.63, 3.8) is 0 Å². The number of hydrogen-bond acceptors (Lipinski definition) is 3. The van der Waals surface area contributed by atoms with E-state index in [2.05, 4.69) is 0 Å². The maximum absolute atomic E-state index is 10.9. The first-order valence-electron chi connectivity index (χ1n) is 5.42. The minimum absolute atomic E-state index is 0.432. The first kappa shape index (κ1) is 3.58. The molecule has 4 heteroatoms. The summed E-state index contributed by atoms with van der Waals surface area (Å²) in [6.07, 6.45) is -4.30. The number of carbonyl (C=O) groups is 1. The summed E-state index contributed by atoms with van der Waals surface area (Å²) >= 11 is 0. The third-order valence-electron chi connectivity index (χ3n) is 1.19. The molecule has 0 aliphatic heterocycles. The van der Waals surface area contributed by atoms with Gasteiger partial charge in [0.2, 0.25) is 0 Å². The lowest BCUT2D eigenvalue weighted by Gasteiger charge is -2.21. The van der Waals surface area contributed by atoms with Crippen LogP contribution in [0, 0.1) is 5.89 Å². The van der Waals surface area contributed by atoms with Crippen LogP contribution in [0.15, 0.2) is 11.8 Å². The summed E-state index contributed by atoms with van der Waals surface area (Å²) in [4.78, 5) is 10.9. The number of aliphatic carboxylic acids is 1. The van der Waals surface area contributed by atoms with E-state index in [-0.39, 0.29) is 0 Å². The molecule has 1 aliphatic carbocycles. The molecule has 4 N–H and O–H groups in total. The van der Waals surface area contributed by atoms with Gasteiger partial charge in [-0.25, -0.2) is 0 Å². The zero-order chi connectivity index (χ0) is 12.9. The molecule has 0 aromatic rings. The Bertz CT molecular complexity index is 369. The highest BCUT2D eigenvalue weighted by Gasteiger charge is 2.26. The molecule has 0 bridgehead atoms. The van der Waals surface area contributed by atoms with Crippen LogP contribution < -0.4 is 5.73 Å². The van der Waals surface area contributed by atoms with Crippen molar-refractivity contribution >= 4 is 5.97 Å². The Morgan fingerprint density at radius 3 is 3.18 bits per heavy atom. The van der Waals surface area contributed by atoms with Crippen molar-refractivity contribution in [1.82, 2.24) is 0 Å². The summed E-state index contributed by atoms with van der Waals surface area (Å²) in [6.45, 7) is 0. The molecule has 0 saturated heterocycles. The van der Waals surface area contributed by atoms with Crippen molar-refractivity contribution in [3.05, 3.63) is 11.8 Å². The van der Waals surface area contributed by atoms with Crippen molar-refractivity contribution in [1.29, 1.82) is 0 Å². The first-order valence-corrected chi connectivity index (χ1v) is 2.84. The van der Waals surface area contributed by atoms with Crippen molar-refractivity contribution in [2.45, 2.75) is 18.8 Å². The summed E-state index contributed by atoms with van der Waals surface area (Å²) in [7, 11) is 0. The molecule has 0 fully saturated rings. The predicted octanol–water partition coefficient (Wildman–Crippen LogP) is 0.250. The van der Waals surface area contributed by atoms with Crippen LogP contribution in [0.5, 0.6) is 0 Å². The van der Waals surface area contributed by atoms with Crippen LogP contribution in [0.3, 0.4) is 0 Å². The number of hydrogen-bond donors (Lipinski definition) is 3. The highest BCUT2D eigenvalue weighted by atomic mass is 16.4. The Morgan fingerprint density at radius 2 is 2.64 bits per heavy atom. The lowest BCUT2D eigenvalue weighted by atomic mass is 9.90. The molecule has 11 heavy (non-hydrogen) atoms. The van der Waals surface area contributed by atoms with E-state index in [1.165, 1.54) is 0 Å². The molecule has 0 aromatic carbocycles. The van der Waals surface area contributed by atoms with Crippen LogP contribution >= 0.6 is 0 Å². The van der Waals surface area contributed by atoms with E-state index in [9.17, 15) is 9.90 Å². The number of nitrogens with two attached hydrogens (primary N) is 1. The highest BCUT2D eigenvalue weighted by molar-refractivity contribution is 5.73. The Morgan fingerprint density at radius 1 is 2.00 bits per heavy atom. The fraction of sp³-hybridized carbons (Fsp3) is 0.571. The van der Waals surface area contributed by atoms with Crippen LogP contribution in [0.25, 0.3) is 0 Å². The van der Waals surface area contributed by atoms with E-state index in [0.717, 1.165) is 0 Å². The zero-order valence-corrected chi connectivity index (χ0v) is 5.53. The maximum atomic E-state index is 10.9. The van der Waals surface area contributed by atoms with Gasteiger partial charge >= 0.3 is 5.97 Å². The van der Waals surface area contributed by atoms with Gasteiger partial charge in [-0.15, -0.1) is 0 Å². The second-order valence-corrected chi connectivity index (χ2v) is 1.99. The Hall–Kier alpha value is -1.03. The van der Waals surface area contributed by atoms with E-state index >= 15 is 0 Å². The molecule has 1 aliphatic rings. The van der Waals surface area contributed by atoms with Crippen molar-refractivity contribution in [2.75, 3.05) is 0 Å². The number of carboxylic acid groups (broad SMARTS) is 1. The average molecular weight is 162 g/mol. The number of rotatable bonds is 1. The van der Waals surface area contributed by atoms with Gasteiger partial charge in [0.1, 0.15) is 0 Å². The Labute approximate surface area is 71.3 Å². The summed E-state index contributed by atoms with van der Waals surface area (Å²) in [6, 6.07) is -2.87. The normalized spacial score (nSPS) is 62.5. The number of allylic oxidation sites excluding steroid dienone is 1. The van der Waals surface area contributed by atoms with Gasteiger partial charge in [0.25, 0.3) is 0 Å². The van der Waals surface area contributed by atoms with Crippen LogP contribution in [0.4, 0.5) is 0 Å². The van der Waals surface area contributed by atoms with E-state index in [0.29, 0.717) is 6.08 Å². The Kier molecular flexibility index (Phi) is 0.950. The largest absolute Gasteiger partial charge is 0.513 e. The number of aliphatic hydroxyl groups excluding tert-OH is 1. The second kappa shape index (κ2) is 2.92. The van der Waals surface area contributed by atoms with Crippen LogP contribution in [0.2, 0.25) is 0 Å². The smallest absolute Gasteiger partial charge is 0.312 e. The molecule has 3 atom stereocenters. The van der Waals surface area contributed by atoms with Gasteiger partial charge < -0.3 is 15.9 Å². The molecule has 0 radical (unpaired) electrons. The highest BCUT2D eigenvalue weighted by Crippen LogP contribution is 2.20. The van der Waals surface area contributed by atoms with Gasteiger partial charge in [0.05, 0.1) is 11.7 Å². The topological polar surface area (TPSA) is 83.5 Å². The molecule has 0 aromatic heterocycles. The molecule has 0 heterocycles. The van der Waals surface area contributed by atoms with Crippen molar-refractivity contribution in [2.24, 2.45) is 11.6 Å². The number of aliphatic hydroxyl groups is 1. The van der Waals surface area contributed by atoms with E-state index in [1.54, 1.807) is 0 Å². The Balaban J connectivity index is 3.50. The lowest BCUT2D eigenvalue weighted by molar-refractivity contribution is -0.141. The van der Waals surface area contributed by atoms with E-state index in [1.807, 2.05) is 0 Å². The predicted molar refractivity (Wildman–Crippen MR) is 39.0 cm³/mol. The summed E-state index contributed by atoms with van der Waals surface area (Å²) in [5.41, 5.74) is 5.24. The minimum atomic E-state index is -2.87. The van der Waals surface area contributed by atoms with E-state index in [4.69, 9.17) is 17.7 Å². The van der Waals surface area contributed by atoms with Crippen LogP contribution in [-0.2, 0) is 4.79 Å². The van der Waals surface area contributed by atoms with Crippen molar-refractivity contribution < 1.29 is 21.9 Å². The average Bonchev–Trinajstić information content (AvgIpc) is 2.13. The van der Waals surface area contributed by atoms with E-state index < -0.39 is 36.4 Å². The second-order valence-electron chi connectivity index (χ2n) is 1.99. The van der Waals surface area contributed by atoms with Gasteiger partial charge in [0, 0.05) is 19.3 Å². The van der Waals surface area contributed by atoms with Crippen LogP contribution in [0.1, 0.15) is 19.6 Å². The third-order valence-corrected chi connectivity index (χ3v) is 1.19. The minimum Gasteiger partial charge on any atom is -0.513 e. The molecule has 0 amide bonds. The van der Waals surface area contributed by atoms with Gasteiger partial charge in [0.15, 0.2) is 0 Å². The van der Waals surface area contributed by atoms with Gasteiger partial charge in [-0.3, -0.25) is 4.79 Å². The molecule has 0 saturated carbocycles. The number of carboxylic acids is 1. The molecular formula is C7H11NO3. The molecule has 0 spiro atoms. The van der Waals surface area contributed by atoms with Gasteiger partial charge in [-0.1, -0.05) is 0 Å². The summed E-state index contributed by atoms with van der Waals surface area (Å²) in [5, 5.41) is 18.0. The monoisotopic (exact) mass is 162 g/mol. The van der Waals surface area contributed by atoms with Crippen LogP contribution in [-0.4, -0.2) is 22.2 Å². The molecule has 4 nitrogen and oxygen atoms in total. The SMILES string of the molecule is [2H]C1C(O)=CC([2H])(C(=O)O)C([2H])(N)C1([2H])[2H]. The quantitative estimate of drug-likeness (QED) is 0.516. The fourth-order valence-electron chi connectivity index (χ4n) is 0.674. The summed E-state index contributed by atoms with van der Waals surface area (Å²) < 4.78 is 37.1. The molecule has 1 rings (SSSR count). The fourth-order valence-corrected chi connectivity index (χ4v) is 0.674. The maximum Gasteiger partial charge on any atom is 0.312 e.